The smallest absolute Gasteiger partial charge is 0.00490 e. The lowest BCUT2D eigenvalue weighted by Crippen LogP contribution is -2.13. The Morgan fingerprint density at radius 2 is 1.05 bits per heavy atom. The van der Waals surface area contributed by atoms with E-state index in [9.17, 15) is 0 Å². The van der Waals surface area contributed by atoms with E-state index >= 15 is 0 Å². The van der Waals surface area contributed by atoms with Crippen LogP contribution in [-0.2, 0) is 0 Å². The zero-order valence-corrected chi connectivity index (χ0v) is 13.8. The summed E-state index contributed by atoms with van der Waals surface area (Å²) in [6.45, 7) is 5.43. The van der Waals surface area contributed by atoms with Crippen molar-refractivity contribution in [1.29, 1.82) is 0 Å². The molecule has 116 valence electrons. The van der Waals surface area contributed by atoms with Crippen molar-refractivity contribution >= 4 is 0 Å². The SMILES string of the molecule is CCCCCCCCCCCCCCC(CC)CN. The normalized spacial score (nSPS) is 12.8. The van der Waals surface area contributed by atoms with Gasteiger partial charge in [-0.3, -0.25) is 0 Å². The van der Waals surface area contributed by atoms with E-state index < -0.39 is 0 Å². The minimum absolute atomic E-state index is 0.781. The van der Waals surface area contributed by atoms with Crippen molar-refractivity contribution < 1.29 is 0 Å². The van der Waals surface area contributed by atoms with Gasteiger partial charge in [0.15, 0.2) is 0 Å². The van der Waals surface area contributed by atoms with Crippen LogP contribution < -0.4 is 5.73 Å². The Balaban J connectivity index is 3.02. The second-order valence-corrected chi connectivity index (χ2v) is 6.19. The van der Waals surface area contributed by atoms with E-state index in [1.54, 1.807) is 0 Å². The van der Waals surface area contributed by atoms with Crippen LogP contribution in [0.4, 0.5) is 0 Å². The summed E-state index contributed by atoms with van der Waals surface area (Å²) in [5.74, 6) is 0.781. The van der Waals surface area contributed by atoms with Crippen molar-refractivity contribution in [2.24, 2.45) is 11.7 Å². The fourth-order valence-electron chi connectivity index (χ4n) is 2.76. The standard InChI is InChI=1S/C18H39N/c1-3-5-6-7-8-9-10-11-12-13-14-15-16-18(4-2)17-19/h18H,3-17,19H2,1-2H3. The lowest BCUT2D eigenvalue weighted by Gasteiger charge is -2.11. The molecule has 0 aliphatic heterocycles. The zero-order valence-electron chi connectivity index (χ0n) is 13.8. The van der Waals surface area contributed by atoms with Crippen LogP contribution in [0.25, 0.3) is 0 Å². The largest absolute Gasteiger partial charge is 0.330 e. The van der Waals surface area contributed by atoms with Crippen LogP contribution in [0.5, 0.6) is 0 Å². The number of hydrogen-bond acceptors (Lipinski definition) is 1. The summed E-state index contributed by atoms with van der Waals surface area (Å²) in [5.41, 5.74) is 5.72. The maximum Gasteiger partial charge on any atom is -0.00490 e. The molecule has 0 aromatic carbocycles. The first kappa shape index (κ1) is 19.0. The third kappa shape index (κ3) is 14.2. The maximum atomic E-state index is 5.72. The number of hydrogen-bond donors (Lipinski definition) is 1. The zero-order chi connectivity index (χ0) is 14.2. The summed E-state index contributed by atoms with van der Waals surface area (Å²) in [6, 6.07) is 0. The van der Waals surface area contributed by atoms with Crippen molar-refractivity contribution in [3.05, 3.63) is 0 Å². The third-order valence-corrected chi connectivity index (χ3v) is 4.38. The molecule has 0 bridgehead atoms. The van der Waals surface area contributed by atoms with Gasteiger partial charge in [-0.2, -0.15) is 0 Å². The lowest BCUT2D eigenvalue weighted by molar-refractivity contribution is 0.445. The van der Waals surface area contributed by atoms with E-state index in [2.05, 4.69) is 13.8 Å². The van der Waals surface area contributed by atoms with Crippen molar-refractivity contribution in [3.63, 3.8) is 0 Å². The highest BCUT2D eigenvalue weighted by Gasteiger charge is 2.02. The molecule has 0 aromatic heterocycles. The molecule has 0 amide bonds. The first-order valence-corrected chi connectivity index (χ1v) is 9.05. The monoisotopic (exact) mass is 269 g/mol. The molecule has 1 nitrogen and oxygen atoms in total. The highest BCUT2D eigenvalue weighted by molar-refractivity contribution is 4.58. The van der Waals surface area contributed by atoms with E-state index in [4.69, 9.17) is 5.73 Å². The van der Waals surface area contributed by atoms with Gasteiger partial charge in [-0.15, -0.1) is 0 Å². The van der Waals surface area contributed by atoms with Crippen LogP contribution in [-0.4, -0.2) is 6.54 Å². The molecule has 1 unspecified atom stereocenters. The fourth-order valence-corrected chi connectivity index (χ4v) is 2.76. The molecule has 0 saturated heterocycles. The van der Waals surface area contributed by atoms with Gasteiger partial charge in [0.25, 0.3) is 0 Å². The number of rotatable bonds is 15. The highest BCUT2D eigenvalue weighted by atomic mass is 14.5. The summed E-state index contributed by atoms with van der Waals surface area (Å²) in [6.07, 6.45) is 19.9. The summed E-state index contributed by atoms with van der Waals surface area (Å²) in [4.78, 5) is 0. The molecular formula is C18H39N. The molecular weight excluding hydrogens is 230 g/mol. The molecule has 0 rings (SSSR count). The molecule has 0 aromatic rings. The first-order valence-electron chi connectivity index (χ1n) is 9.05. The van der Waals surface area contributed by atoms with Crippen LogP contribution in [0.2, 0.25) is 0 Å². The van der Waals surface area contributed by atoms with Crippen molar-refractivity contribution in [3.8, 4) is 0 Å². The molecule has 2 N–H and O–H groups in total. The fraction of sp³-hybridized carbons (Fsp3) is 1.00. The molecule has 0 aliphatic carbocycles. The van der Waals surface area contributed by atoms with Gasteiger partial charge in [0.05, 0.1) is 0 Å². The average molecular weight is 270 g/mol. The number of nitrogens with two attached hydrogens (primary N) is 1. The van der Waals surface area contributed by atoms with E-state index in [1.807, 2.05) is 0 Å². The molecule has 1 heteroatoms. The van der Waals surface area contributed by atoms with Crippen molar-refractivity contribution in [2.75, 3.05) is 6.54 Å². The molecule has 19 heavy (non-hydrogen) atoms. The summed E-state index contributed by atoms with van der Waals surface area (Å²) >= 11 is 0. The van der Waals surface area contributed by atoms with Gasteiger partial charge in [-0.1, -0.05) is 97.3 Å². The van der Waals surface area contributed by atoms with E-state index in [0.29, 0.717) is 0 Å². The van der Waals surface area contributed by atoms with Gasteiger partial charge in [-0.05, 0) is 18.9 Å². The van der Waals surface area contributed by atoms with Gasteiger partial charge >= 0.3 is 0 Å². The molecule has 0 spiro atoms. The predicted molar refractivity (Wildman–Crippen MR) is 88.5 cm³/mol. The Bertz CT molecular complexity index is 152. The predicted octanol–water partition coefficient (Wildman–Crippen LogP) is 6.06. The molecule has 0 fully saturated rings. The van der Waals surface area contributed by atoms with Gasteiger partial charge in [-0.25, -0.2) is 0 Å². The quantitative estimate of drug-likeness (QED) is 0.359. The van der Waals surface area contributed by atoms with Crippen LogP contribution >= 0.6 is 0 Å². The Morgan fingerprint density at radius 3 is 1.42 bits per heavy atom. The second-order valence-electron chi connectivity index (χ2n) is 6.19. The first-order chi connectivity index (χ1) is 9.35. The molecule has 0 aliphatic rings. The van der Waals surface area contributed by atoms with E-state index in [-0.39, 0.29) is 0 Å². The van der Waals surface area contributed by atoms with Crippen LogP contribution in [0, 0.1) is 5.92 Å². The van der Waals surface area contributed by atoms with Crippen LogP contribution in [0.15, 0.2) is 0 Å². The average Bonchev–Trinajstić information content (AvgIpc) is 2.44. The van der Waals surface area contributed by atoms with Crippen LogP contribution in [0.1, 0.15) is 104 Å². The lowest BCUT2D eigenvalue weighted by atomic mass is 9.98. The number of unbranched alkanes of at least 4 members (excludes halogenated alkanes) is 11. The third-order valence-electron chi connectivity index (χ3n) is 4.38. The second kappa shape index (κ2) is 16.0. The van der Waals surface area contributed by atoms with E-state index in [0.717, 1.165) is 12.5 Å². The topological polar surface area (TPSA) is 26.0 Å². The Hall–Kier alpha value is -0.0400. The molecule has 1 atom stereocenters. The maximum absolute atomic E-state index is 5.72. The van der Waals surface area contributed by atoms with Crippen LogP contribution in [0.3, 0.4) is 0 Å². The van der Waals surface area contributed by atoms with Gasteiger partial charge in [0.1, 0.15) is 0 Å². The Labute approximate surface area is 122 Å². The minimum Gasteiger partial charge on any atom is -0.330 e. The summed E-state index contributed by atoms with van der Waals surface area (Å²) < 4.78 is 0. The van der Waals surface area contributed by atoms with E-state index in [1.165, 1.54) is 89.9 Å². The molecule has 0 radical (unpaired) electrons. The van der Waals surface area contributed by atoms with Gasteiger partial charge in [0.2, 0.25) is 0 Å². The van der Waals surface area contributed by atoms with Gasteiger partial charge in [0, 0.05) is 0 Å². The molecule has 0 saturated carbocycles. The van der Waals surface area contributed by atoms with Crippen molar-refractivity contribution in [1.82, 2.24) is 0 Å². The Kier molecular flexibility index (Phi) is 16.0. The summed E-state index contributed by atoms with van der Waals surface area (Å²) in [5, 5.41) is 0. The molecule has 0 heterocycles. The van der Waals surface area contributed by atoms with Gasteiger partial charge < -0.3 is 5.73 Å². The minimum atomic E-state index is 0.781. The summed E-state index contributed by atoms with van der Waals surface area (Å²) in [7, 11) is 0. The highest BCUT2D eigenvalue weighted by Crippen LogP contribution is 2.15. The Morgan fingerprint density at radius 1 is 0.632 bits per heavy atom. The van der Waals surface area contributed by atoms with Crippen molar-refractivity contribution in [2.45, 2.75) is 104 Å².